The highest BCUT2D eigenvalue weighted by atomic mass is 19.1. The molecule has 2 fully saturated rings. The largest absolute Gasteiger partial charge is 0.457 e. The second-order valence-corrected chi connectivity index (χ2v) is 7.56. The molecule has 0 radical (unpaired) electrons. The molecular weight excluding hydrogens is 382 g/mol. The highest BCUT2D eigenvalue weighted by Crippen LogP contribution is 2.37. The molecule has 1 aromatic carbocycles. The zero-order valence-corrected chi connectivity index (χ0v) is 15.7. The van der Waals surface area contributed by atoms with Crippen LogP contribution in [0.4, 0.5) is 8.78 Å². The Morgan fingerprint density at radius 2 is 2.07 bits per heavy atom. The second kappa shape index (κ2) is 7.44. The van der Waals surface area contributed by atoms with Crippen molar-refractivity contribution in [3.63, 3.8) is 0 Å². The van der Waals surface area contributed by atoms with Gasteiger partial charge in [0.1, 0.15) is 17.6 Å². The summed E-state index contributed by atoms with van der Waals surface area (Å²) in [6, 6.07) is 3.51. The fourth-order valence-corrected chi connectivity index (χ4v) is 4.36. The summed E-state index contributed by atoms with van der Waals surface area (Å²) in [5.74, 6) is -2.68. The number of likely N-dealkylation sites (tertiary alicyclic amines) is 2. The van der Waals surface area contributed by atoms with Crippen LogP contribution in [0.2, 0.25) is 0 Å². The van der Waals surface area contributed by atoms with Crippen LogP contribution in [0.3, 0.4) is 0 Å². The maximum Gasteiger partial charge on any atom is 0.252 e. The van der Waals surface area contributed by atoms with Crippen LogP contribution in [0.5, 0.6) is 0 Å². The van der Waals surface area contributed by atoms with Gasteiger partial charge in [-0.25, -0.2) is 8.78 Å². The third kappa shape index (κ3) is 3.44. The van der Waals surface area contributed by atoms with E-state index >= 15 is 0 Å². The van der Waals surface area contributed by atoms with Crippen molar-refractivity contribution in [3.05, 3.63) is 35.1 Å². The molecule has 4 rings (SSSR count). The van der Waals surface area contributed by atoms with Crippen LogP contribution in [0.25, 0.3) is 11.0 Å². The summed E-state index contributed by atoms with van der Waals surface area (Å²) in [5, 5.41) is 9.18. The molecule has 0 spiro atoms. The summed E-state index contributed by atoms with van der Waals surface area (Å²) in [4.78, 5) is 28.1. The molecule has 152 valence electrons. The zero-order valence-electron chi connectivity index (χ0n) is 15.7. The number of carbonyl (C=O) groups is 2. The van der Waals surface area contributed by atoms with Gasteiger partial charge in [-0.3, -0.25) is 14.5 Å². The van der Waals surface area contributed by atoms with Crippen LogP contribution in [-0.4, -0.2) is 53.8 Å². The average Bonchev–Trinajstić information content (AvgIpc) is 3.38. The first kappa shape index (κ1) is 19.3. The summed E-state index contributed by atoms with van der Waals surface area (Å²) in [6.07, 6.45) is 2.09. The van der Waals surface area contributed by atoms with E-state index in [1.165, 1.54) is 0 Å². The zero-order chi connectivity index (χ0) is 20.7. The highest BCUT2D eigenvalue weighted by Gasteiger charge is 2.35. The predicted molar refractivity (Wildman–Crippen MR) is 98.8 cm³/mol. The Hall–Kier alpha value is -2.99. The van der Waals surface area contributed by atoms with Gasteiger partial charge in [0.05, 0.1) is 18.2 Å². The van der Waals surface area contributed by atoms with Gasteiger partial charge < -0.3 is 15.1 Å². The number of hydrogen-bond acceptors (Lipinski definition) is 5. The van der Waals surface area contributed by atoms with Crippen molar-refractivity contribution < 1.29 is 22.8 Å². The number of nitriles is 1. The number of fused-ring (bicyclic) bond motifs is 1. The van der Waals surface area contributed by atoms with Gasteiger partial charge in [-0.1, -0.05) is 0 Å². The number of hydrogen-bond donors (Lipinski definition) is 1. The molecule has 2 unspecified atom stereocenters. The lowest BCUT2D eigenvalue weighted by atomic mass is 9.99. The monoisotopic (exact) mass is 402 g/mol. The van der Waals surface area contributed by atoms with Crippen molar-refractivity contribution in [1.29, 1.82) is 5.26 Å². The number of nitrogens with two attached hydrogens (primary N) is 1. The van der Waals surface area contributed by atoms with Gasteiger partial charge in [-0.05, 0) is 31.9 Å². The number of primary amides is 1. The lowest BCUT2D eigenvalue weighted by Crippen LogP contribution is -2.41. The summed E-state index contributed by atoms with van der Waals surface area (Å²) in [5.41, 5.74) is 5.26. The Balaban J connectivity index is 1.55. The molecule has 2 N–H and O–H groups in total. The number of benzene rings is 1. The number of nitrogens with zero attached hydrogens (tertiary/aromatic N) is 3. The van der Waals surface area contributed by atoms with Gasteiger partial charge >= 0.3 is 0 Å². The van der Waals surface area contributed by atoms with E-state index < -0.39 is 17.5 Å². The summed E-state index contributed by atoms with van der Waals surface area (Å²) in [6.45, 7) is 1.73. The molecular formula is C20H20F2N4O3. The second-order valence-electron chi connectivity index (χ2n) is 7.56. The van der Waals surface area contributed by atoms with E-state index in [0.29, 0.717) is 38.5 Å². The molecule has 2 saturated heterocycles. The molecule has 0 bridgehead atoms. The van der Waals surface area contributed by atoms with Crippen LogP contribution in [0.1, 0.15) is 41.3 Å². The van der Waals surface area contributed by atoms with E-state index in [1.54, 1.807) is 4.90 Å². The molecule has 3 heterocycles. The first-order chi connectivity index (χ1) is 13.9. The maximum absolute atomic E-state index is 14.1. The molecule has 7 nitrogen and oxygen atoms in total. The lowest BCUT2D eigenvalue weighted by Gasteiger charge is -2.23. The molecule has 0 saturated carbocycles. The van der Waals surface area contributed by atoms with E-state index in [1.807, 2.05) is 4.90 Å². The van der Waals surface area contributed by atoms with Gasteiger partial charge in [-0.15, -0.1) is 0 Å². The van der Waals surface area contributed by atoms with Crippen molar-refractivity contribution in [2.24, 2.45) is 5.73 Å². The Labute approximate surface area is 165 Å². The lowest BCUT2D eigenvalue weighted by molar-refractivity contribution is -0.132. The van der Waals surface area contributed by atoms with E-state index in [0.717, 1.165) is 12.5 Å². The van der Waals surface area contributed by atoms with Gasteiger partial charge in [0.15, 0.2) is 11.4 Å². The minimum absolute atomic E-state index is 0.0133. The van der Waals surface area contributed by atoms with Crippen molar-refractivity contribution in [3.8, 4) is 6.07 Å². The molecule has 1 aromatic heterocycles. The number of halogens is 2. The normalized spacial score (nSPS) is 22.3. The summed E-state index contributed by atoms with van der Waals surface area (Å²) in [7, 11) is 0. The van der Waals surface area contributed by atoms with Gasteiger partial charge in [0, 0.05) is 30.5 Å². The summed E-state index contributed by atoms with van der Waals surface area (Å²) >= 11 is 0. The predicted octanol–water partition coefficient (Wildman–Crippen LogP) is 2.11. The van der Waals surface area contributed by atoms with Crippen LogP contribution < -0.4 is 5.73 Å². The topological polar surface area (TPSA) is 104 Å². The van der Waals surface area contributed by atoms with Gasteiger partial charge in [-0.2, -0.15) is 5.26 Å². The van der Waals surface area contributed by atoms with E-state index in [2.05, 4.69) is 6.07 Å². The minimum Gasteiger partial charge on any atom is -0.457 e. The average molecular weight is 402 g/mol. The van der Waals surface area contributed by atoms with E-state index in [9.17, 15) is 18.4 Å². The van der Waals surface area contributed by atoms with E-state index in [4.69, 9.17) is 15.4 Å². The van der Waals surface area contributed by atoms with Crippen molar-refractivity contribution in [2.45, 2.75) is 31.2 Å². The first-order valence-electron chi connectivity index (χ1n) is 9.51. The Kier molecular flexibility index (Phi) is 4.96. The fourth-order valence-electron chi connectivity index (χ4n) is 4.36. The quantitative estimate of drug-likeness (QED) is 0.844. The van der Waals surface area contributed by atoms with Gasteiger partial charge in [0.2, 0.25) is 5.91 Å². The number of furan rings is 1. The van der Waals surface area contributed by atoms with Crippen molar-refractivity contribution >= 4 is 22.8 Å². The van der Waals surface area contributed by atoms with Crippen molar-refractivity contribution in [2.75, 3.05) is 26.2 Å². The van der Waals surface area contributed by atoms with E-state index in [-0.39, 0.29) is 46.7 Å². The third-order valence-electron chi connectivity index (χ3n) is 5.71. The molecule has 2 aromatic rings. The van der Waals surface area contributed by atoms with Crippen molar-refractivity contribution in [1.82, 2.24) is 9.80 Å². The first-order valence-corrected chi connectivity index (χ1v) is 9.51. The Bertz CT molecular complexity index is 1030. The molecule has 9 heteroatoms. The smallest absolute Gasteiger partial charge is 0.252 e. The van der Waals surface area contributed by atoms with Crippen LogP contribution in [0, 0.1) is 23.0 Å². The maximum atomic E-state index is 14.1. The molecule has 2 aliphatic heterocycles. The highest BCUT2D eigenvalue weighted by molar-refractivity contribution is 6.06. The number of rotatable bonds is 4. The standard InChI is InChI=1S/C20H20F2N4O3/c21-12-6-14-17(20(24)28)18(29-19(14)15(22)7-12)11-3-5-25(9-11)10-16(27)26-4-1-2-13(26)8-23/h6-7,11,13H,1-5,9-10H2,(H2,24,28). The molecule has 2 atom stereocenters. The van der Waals surface area contributed by atoms with Crippen LogP contribution >= 0.6 is 0 Å². The third-order valence-corrected chi connectivity index (χ3v) is 5.71. The Morgan fingerprint density at radius 1 is 1.28 bits per heavy atom. The van der Waals surface area contributed by atoms with Gasteiger partial charge in [0.25, 0.3) is 5.91 Å². The van der Waals surface area contributed by atoms with Crippen LogP contribution in [-0.2, 0) is 4.79 Å². The summed E-state index contributed by atoms with van der Waals surface area (Å²) < 4.78 is 33.4. The molecule has 0 aliphatic carbocycles. The fraction of sp³-hybridized carbons (Fsp3) is 0.450. The number of amides is 2. The van der Waals surface area contributed by atoms with Crippen LogP contribution in [0.15, 0.2) is 16.5 Å². The molecule has 2 amide bonds. The number of carbonyl (C=O) groups excluding carboxylic acids is 2. The molecule has 29 heavy (non-hydrogen) atoms. The SMILES string of the molecule is N#CC1CCCN1C(=O)CN1CCC(c2oc3c(F)cc(F)cc3c2C(N)=O)C1. The Morgan fingerprint density at radius 3 is 2.79 bits per heavy atom. The minimum atomic E-state index is -0.893. The molecule has 2 aliphatic rings.